The highest BCUT2D eigenvalue weighted by Crippen LogP contribution is 2.24. The van der Waals surface area contributed by atoms with Crippen LogP contribution in [0.1, 0.15) is 27.6 Å². The van der Waals surface area contributed by atoms with E-state index in [1.807, 2.05) is 30.3 Å². The number of imide groups is 1. The Morgan fingerprint density at radius 2 is 1.56 bits per heavy atom. The Morgan fingerprint density at radius 3 is 2.22 bits per heavy atom. The summed E-state index contributed by atoms with van der Waals surface area (Å²) in [6, 6.07) is 15.8. The van der Waals surface area contributed by atoms with Crippen molar-refractivity contribution in [2.45, 2.75) is 13.0 Å². The molecule has 0 saturated heterocycles. The number of nitrogens with zero attached hydrogens (tertiary/aromatic N) is 4. The van der Waals surface area contributed by atoms with Gasteiger partial charge in [-0.3, -0.25) is 34.5 Å². The molecule has 0 fully saturated rings. The molecule has 158 valence electrons. The molecule has 1 atom stereocenters. The number of carbonyl (C=O) groups is 3. The first-order valence-electron chi connectivity index (χ1n) is 9.77. The number of amides is 3. The maximum Gasteiger partial charge on any atom is 0.274 e. The molecule has 0 aliphatic carbocycles. The topological polar surface area (TPSA) is 130 Å². The van der Waals surface area contributed by atoms with E-state index in [0.717, 1.165) is 15.0 Å². The molecule has 0 radical (unpaired) electrons. The summed E-state index contributed by atoms with van der Waals surface area (Å²) in [7, 11) is 0. The van der Waals surface area contributed by atoms with Gasteiger partial charge in [0.15, 0.2) is 0 Å². The molecule has 3 amide bonds. The average Bonchev–Trinajstić information content (AvgIpc) is 3.32. The van der Waals surface area contributed by atoms with Crippen molar-refractivity contribution in [3.05, 3.63) is 82.1 Å². The highest BCUT2D eigenvalue weighted by Gasteiger charge is 2.40. The van der Waals surface area contributed by atoms with Crippen LogP contribution in [0.2, 0.25) is 0 Å². The Hall–Kier alpha value is -4.60. The molecule has 10 nitrogen and oxygen atoms in total. The van der Waals surface area contributed by atoms with Gasteiger partial charge < -0.3 is 0 Å². The van der Waals surface area contributed by atoms with E-state index < -0.39 is 29.3 Å². The second-order valence-electron chi connectivity index (χ2n) is 7.24. The number of H-pyrrole nitrogens is 1. The smallest absolute Gasteiger partial charge is 0.274 e. The van der Waals surface area contributed by atoms with Crippen LogP contribution >= 0.6 is 0 Å². The number of carbonyl (C=O) groups excluding carboxylic acids is 3. The van der Waals surface area contributed by atoms with Crippen LogP contribution < -0.4 is 10.9 Å². The zero-order valence-corrected chi connectivity index (χ0v) is 16.8. The van der Waals surface area contributed by atoms with Gasteiger partial charge in [-0.2, -0.15) is 9.50 Å². The van der Waals surface area contributed by atoms with Crippen LogP contribution in [0.25, 0.3) is 17.0 Å². The zero-order chi connectivity index (χ0) is 22.4. The molecule has 3 heterocycles. The Balaban J connectivity index is 1.40. The summed E-state index contributed by atoms with van der Waals surface area (Å²) in [5.41, 5.74) is 1.30. The first-order valence-corrected chi connectivity index (χ1v) is 9.77. The molecule has 1 aliphatic rings. The minimum absolute atomic E-state index is 0.0340. The quantitative estimate of drug-likeness (QED) is 0.476. The lowest BCUT2D eigenvalue weighted by Gasteiger charge is -2.20. The van der Waals surface area contributed by atoms with Gasteiger partial charge in [0, 0.05) is 11.6 Å². The largest absolute Gasteiger partial charge is 0.293 e. The maximum absolute atomic E-state index is 12.8. The Morgan fingerprint density at radius 1 is 0.938 bits per heavy atom. The molecule has 10 heteroatoms. The lowest BCUT2D eigenvalue weighted by Crippen LogP contribution is -2.45. The van der Waals surface area contributed by atoms with E-state index in [-0.39, 0.29) is 22.9 Å². The van der Waals surface area contributed by atoms with Crippen molar-refractivity contribution >= 4 is 29.4 Å². The highest BCUT2D eigenvalue weighted by molar-refractivity contribution is 6.23. The number of anilines is 1. The molecule has 2 aromatic carbocycles. The Labute approximate surface area is 180 Å². The first-order chi connectivity index (χ1) is 15.4. The van der Waals surface area contributed by atoms with E-state index in [0.29, 0.717) is 5.69 Å². The second-order valence-corrected chi connectivity index (χ2v) is 7.24. The minimum atomic E-state index is -1.10. The molecule has 0 bridgehead atoms. The van der Waals surface area contributed by atoms with Gasteiger partial charge in [-0.05, 0) is 19.1 Å². The average molecular weight is 428 g/mol. The summed E-state index contributed by atoms with van der Waals surface area (Å²) >= 11 is 0. The number of benzene rings is 2. The van der Waals surface area contributed by atoms with Gasteiger partial charge in [0.2, 0.25) is 11.9 Å². The number of aromatic amines is 1. The molecule has 0 spiro atoms. The van der Waals surface area contributed by atoms with Gasteiger partial charge in [0.05, 0.1) is 16.8 Å². The fourth-order valence-electron chi connectivity index (χ4n) is 3.59. The van der Waals surface area contributed by atoms with Crippen LogP contribution in [0, 0.1) is 0 Å². The molecule has 0 saturated carbocycles. The van der Waals surface area contributed by atoms with Gasteiger partial charge >= 0.3 is 0 Å². The third kappa shape index (κ3) is 3.05. The van der Waals surface area contributed by atoms with Crippen molar-refractivity contribution in [1.82, 2.24) is 24.5 Å². The van der Waals surface area contributed by atoms with Gasteiger partial charge in [0.1, 0.15) is 6.04 Å². The summed E-state index contributed by atoms with van der Waals surface area (Å²) < 4.78 is 1.09. The Bertz CT molecular complexity index is 1420. The number of hydrogen-bond donors (Lipinski definition) is 2. The molecule has 4 aromatic rings. The first kappa shape index (κ1) is 19.4. The van der Waals surface area contributed by atoms with Crippen molar-refractivity contribution in [2.75, 3.05) is 5.32 Å². The molecular formula is C22H16N6O4. The van der Waals surface area contributed by atoms with Crippen molar-refractivity contribution in [1.29, 1.82) is 0 Å². The zero-order valence-electron chi connectivity index (χ0n) is 16.8. The fourth-order valence-corrected chi connectivity index (χ4v) is 3.59. The van der Waals surface area contributed by atoms with Crippen LogP contribution in [0.15, 0.2) is 65.5 Å². The normalized spacial score (nSPS) is 14.0. The lowest BCUT2D eigenvalue weighted by atomic mass is 10.1. The molecule has 0 unspecified atom stereocenters. The summed E-state index contributed by atoms with van der Waals surface area (Å²) in [6.45, 7) is 1.44. The van der Waals surface area contributed by atoms with E-state index in [9.17, 15) is 19.2 Å². The molecule has 5 rings (SSSR count). The minimum Gasteiger partial charge on any atom is -0.293 e. The van der Waals surface area contributed by atoms with Crippen LogP contribution in [0.3, 0.4) is 0 Å². The van der Waals surface area contributed by atoms with Gasteiger partial charge in [-0.15, -0.1) is 0 Å². The van der Waals surface area contributed by atoms with E-state index in [1.54, 1.807) is 24.3 Å². The summed E-state index contributed by atoms with van der Waals surface area (Å²) in [5, 5.41) is 5.18. The standard InChI is InChI=1S/C22H16N6O4/c1-12(27-19(31)14-9-5-6-10-15(14)20(27)32)18(30)24-21-25-22-23-16(11-17(29)28(22)26-21)13-7-3-2-4-8-13/h2-12H,1H3,(H2,23,24,25,26,30)/t12-/m1/s1. The summed E-state index contributed by atoms with van der Waals surface area (Å²) in [4.78, 5) is 59.9. The third-order valence-electron chi connectivity index (χ3n) is 5.23. The van der Waals surface area contributed by atoms with Crippen LogP contribution in [0.4, 0.5) is 5.95 Å². The number of fused-ring (bicyclic) bond motifs is 2. The highest BCUT2D eigenvalue weighted by atomic mass is 16.2. The monoisotopic (exact) mass is 428 g/mol. The van der Waals surface area contributed by atoms with Crippen LogP contribution in [-0.2, 0) is 4.79 Å². The molecule has 1 aliphatic heterocycles. The predicted molar refractivity (Wildman–Crippen MR) is 114 cm³/mol. The van der Waals surface area contributed by atoms with Gasteiger partial charge in [0.25, 0.3) is 23.2 Å². The fraction of sp³-hybridized carbons (Fsp3) is 0.0909. The van der Waals surface area contributed by atoms with Gasteiger partial charge in [-0.1, -0.05) is 42.5 Å². The maximum atomic E-state index is 12.8. The third-order valence-corrected chi connectivity index (χ3v) is 5.23. The summed E-state index contributed by atoms with van der Waals surface area (Å²) in [6.07, 6.45) is 0. The van der Waals surface area contributed by atoms with E-state index in [1.165, 1.54) is 13.0 Å². The van der Waals surface area contributed by atoms with E-state index in [4.69, 9.17) is 0 Å². The van der Waals surface area contributed by atoms with Crippen molar-refractivity contribution in [2.24, 2.45) is 0 Å². The predicted octanol–water partition coefficient (Wildman–Crippen LogP) is 1.71. The molecule has 32 heavy (non-hydrogen) atoms. The van der Waals surface area contributed by atoms with Crippen LogP contribution in [0.5, 0.6) is 0 Å². The van der Waals surface area contributed by atoms with Crippen LogP contribution in [-0.4, -0.2) is 48.2 Å². The summed E-state index contributed by atoms with van der Waals surface area (Å²) in [5.74, 6) is -1.69. The molecule has 2 N–H and O–H groups in total. The van der Waals surface area contributed by atoms with Crippen molar-refractivity contribution < 1.29 is 14.4 Å². The SMILES string of the molecule is C[C@H](C(=O)Nc1nc2nc(-c3ccccc3)cc(=O)n2[nH]1)N1C(=O)c2ccccc2C1=O. The van der Waals surface area contributed by atoms with Crippen molar-refractivity contribution in [3.63, 3.8) is 0 Å². The number of rotatable bonds is 4. The molecular weight excluding hydrogens is 412 g/mol. The van der Waals surface area contributed by atoms with E-state index >= 15 is 0 Å². The number of aromatic nitrogens is 4. The lowest BCUT2D eigenvalue weighted by molar-refractivity contribution is -0.119. The Kier molecular flexibility index (Phi) is 4.40. The van der Waals surface area contributed by atoms with E-state index in [2.05, 4.69) is 20.4 Å². The van der Waals surface area contributed by atoms with Gasteiger partial charge in [-0.25, -0.2) is 4.98 Å². The number of hydrogen-bond acceptors (Lipinski definition) is 6. The molecule has 2 aromatic heterocycles. The number of nitrogens with one attached hydrogen (secondary N) is 2. The van der Waals surface area contributed by atoms with Crippen molar-refractivity contribution in [3.8, 4) is 11.3 Å². The second kappa shape index (κ2) is 7.27.